The number of rotatable bonds is 6. The quantitative estimate of drug-likeness (QED) is 0.642. The number of hydrogen-bond acceptors (Lipinski definition) is 5. The maximum Gasteiger partial charge on any atom is 0.163 e. The van der Waals surface area contributed by atoms with Crippen LogP contribution < -0.4 is 14.8 Å². The van der Waals surface area contributed by atoms with Crippen molar-refractivity contribution < 1.29 is 9.47 Å². The minimum atomic E-state index is 0.370. The van der Waals surface area contributed by atoms with Gasteiger partial charge in [0.25, 0.3) is 0 Å². The monoisotopic (exact) mass is 302 g/mol. The van der Waals surface area contributed by atoms with Crippen molar-refractivity contribution in [1.29, 1.82) is 5.26 Å². The van der Waals surface area contributed by atoms with E-state index in [1.54, 1.807) is 25.6 Å². The van der Waals surface area contributed by atoms with E-state index in [0.29, 0.717) is 35.4 Å². The van der Waals surface area contributed by atoms with E-state index in [9.17, 15) is 5.26 Å². The zero-order valence-electron chi connectivity index (χ0n) is 13.3. The Morgan fingerprint density at radius 1 is 1.45 bits per heavy atom. The van der Waals surface area contributed by atoms with E-state index in [1.165, 1.54) is 6.42 Å². The predicted molar refractivity (Wildman–Crippen MR) is 86.1 cm³/mol. The molecule has 1 heterocycles. The van der Waals surface area contributed by atoms with Gasteiger partial charge in [0.2, 0.25) is 0 Å². The van der Waals surface area contributed by atoms with Gasteiger partial charge in [0.05, 0.1) is 24.7 Å². The van der Waals surface area contributed by atoms with E-state index < -0.39 is 0 Å². The van der Waals surface area contributed by atoms with E-state index >= 15 is 0 Å². The fraction of sp³-hybridized carbons (Fsp3) is 0.500. The number of hydrogen-bond donors (Lipinski definition) is 1. The van der Waals surface area contributed by atoms with Gasteiger partial charge >= 0.3 is 0 Å². The zero-order chi connectivity index (χ0) is 15.9. The van der Waals surface area contributed by atoms with Crippen molar-refractivity contribution in [2.75, 3.05) is 34.4 Å². The van der Waals surface area contributed by atoms with Gasteiger partial charge in [-0.25, -0.2) is 4.99 Å². The van der Waals surface area contributed by atoms with Gasteiger partial charge in [-0.2, -0.15) is 5.26 Å². The second-order valence-corrected chi connectivity index (χ2v) is 5.44. The first-order valence-corrected chi connectivity index (χ1v) is 7.33. The van der Waals surface area contributed by atoms with Gasteiger partial charge in [0.1, 0.15) is 12.7 Å². The highest BCUT2D eigenvalue weighted by atomic mass is 16.5. The maximum atomic E-state index is 9.25. The molecule has 22 heavy (non-hydrogen) atoms. The third-order valence-corrected chi connectivity index (χ3v) is 3.43. The van der Waals surface area contributed by atoms with Crippen molar-refractivity contribution in [2.45, 2.75) is 18.9 Å². The average Bonchev–Trinajstić information content (AvgIpc) is 3.03. The van der Waals surface area contributed by atoms with E-state index in [2.05, 4.69) is 16.4 Å². The summed E-state index contributed by atoms with van der Waals surface area (Å²) in [6.07, 6.45) is 3.95. The van der Waals surface area contributed by atoms with Gasteiger partial charge in [0.15, 0.2) is 11.5 Å². The molecule has 0 saturated carbocycles. The van der Waals surface area contributed by atoms with Crippen LogP contribution in [0.2, 0.25) is 0 Å². The molecule has 0 radical (unpaired) electrons. The topological polar surface area (TPSA) is 69.9 Å². The Morgan fingerprint density at radius 3 is 2.86 bits per heavy atom. The Morgan fingerprint density at radius 2 is 2.27 bits per heavy atom. The molecule has 1 aromatic carbocycles. The first-order chi connectivity index (χ1) is 10.6. The minimum absolute atomic E-state index is 0.370. The lowest BCUT2D eigenvalue weighted by atomic mass is 10.1. The van der Waals surface area contributed by atoms with Crippen LogP contribution in [0.5, 0.6) is 11.5 Å². The third-order valence-electron chi connectivity index (χ3n) is 3.43. The zero-order valence-corrected chi connectivity index (χ0v) is 13.3. The molecule has 0 spiro atoms. The molecule has 1 fully saturated rings. The lowest BCUT2D eigenvalue weighted by molar-refractivity contribution is 0.262. The summed E-state index contributed by atoms with van der Waals surface area (Å²) in [7, 11) is 5.32. The Labute approximate surface area is 131 Å². The third kappa shape index (κ3) is 4.12. The van der Waals surface area contributed by atoms with E-state index in [4.69, 9.17) is 9.47 Å². The molecular weight excluding hydrogens is 280 g/mol. The molecule has 1 atom stereocenters. The summed E-state index contributed by atoms with van der Waals surface area (Å²) < 4.78 is 11.2. The second kappa shape index (κ2) is 7.66. The SMILES string of the molecule is COc1cc(C#N)c(N=CN(C)C)cc1OC[C@H]1CCCN1. The number of benzene rings is 1. The van der Waals surface area contributed by atoms with Crippen molar-refractivity contribution in [3.05, 3.63) is 17.7 Å². The van der Waals surface area contributed by atoms with Gasteiger partial charge in [-0.1, -0.05) is 0 Å². The average molecular weight is 302 g/mol. The molecule has 2 rings (SSSR count). The van der Waals surface area contributed by atoms with Crippen LogP contribution in [0.3, 0.4) is 0 Å². The molecule has 0 aliphatic carbocycles. The van der Waals surface area contributed by atoms with Gasteiger partial charge in [0, 0.05) is 32.3 Å². The minimum Gasteiger partial charge on any atom is -0.493 e. The molecular formula is C16H22N4O2. The molecule has 1 aromatic rings. The highest BCUT2D eigenvalue weighted by Crippen LogP contribution is 2.35. The lowest BCUT2D eigenvalue weighted by Crippen LogP contribution is -2.28. The molecule has 0 bridgehead atoms. The van der Waals surface area contributed by atoms with E-state index in [-0.39, 0.29) is 0 Å². The summed E-state index contributed by atoms with van der Waals surface area (Å²) >= 11 is 0. The van der Waals surface area contributed by atoms with Crippen molar-refractivity contribution in [2.24, 2.45) is 4.99 Å². The number of nitrogens with zero attached hydrogens (tertiary/aromatic N) is 3. The van der Waals surface area contributed by atoms with Crippen LogP contribution in [-0.2, 0) is 0 Å². The molecule has 6 nitrogen and oxygen atoms in total. The summed E-state index contributed by atoms with van der Waals surface area (Å²) in [4.78, 5) is 6.13. The normalized spacial score (nSPS) is 17.5. The largest absolute Gasteiger partial charge is 0.493 e. The molecule has 118 valence electrons. The van der Waals surface area contributed by atoms with Gasteiger partial charge in [-0.3, -0.25) is 0 Å². The molecule has 1 N–H and O–H groups in total. The van der Waals surface area contributed by atoms with Crippen molar-refractivity contribution in [3.63, 3.8) is 0 Å². The summed E-state index contributed by atoms with van der Waals surface area (Å²) in [5.41, 5.74) is 1.03. The molecule has 1 aliphatic heterocycles. The van der Waals surface area contributed by atoms with Crippen LogP contribution in [0.25, 0.3) is 0 Å². The van der Waals surface area contributed by atoms with Gasteiger partial charge in [-0.05, 0) is 19.4 Å². The summed E-state index contributed by atoms with van der Waals surface area (Å²) in [6, 6.07) is 5.93. The lowest BCUT2D eigenvalue weighted by Gasteiger charge is -2.15. The van der Waals surface area contributed by atoms with Crippen LogP contribution >= 0.6 is 0 Å². The number of ether oxygens (including phenoxy) is 2. The van der Waals surface area contributed by atoms with E-state index in [0.717, 1.165) is 13.0 Å². The van der Waals surface area contributed by atoms with Crippen LogP contribution in [0.4, 0.5) is 5.69 Å². The highest BCUT2D eigenvalue weighted by Gasteiger charge is 2.17. The molecule has 1 saturated heterocycles. The first kappa shape index (κ1) is 16.1. The van der Waals surface area contributed by atoms with Crippen molar-refractivity contribution >= 4 is 12.0 Å². The fourth-order valence-electron chi connectivity index (χ4n) is 2.28. The Kier molecular flexibility index (Phi) is 5.61. The van der Waals surface area contributed by atoms with Crippen molar-refractivity contribution in [1.82, 2.24) is 10.2 Å². The molecule has 0 unspecified atom stereocenters. The molecule has 6 heteroatoms. The fourth-order valence-corrected chi connectivity index (χ4v) is 2.28. The summed E-state index contributed by atoms with van der Waals surface area (Å²) in [6.45, 7) is 1.62. The number of methoxy groups -OCH3 is 1. The number of nitriles is 1. The van der Waals surface area contributed by atoms with Crippen LogP contribution in [0, 0.1) is 11.3 Å². The molecule has 0 amide bonds. The molecule has 0 aromatic heterocycles. The highest BCUT2D eigenvalue weighted by molar-refractivity contribution is 5.68. The summed E-state index contributed by atoms with van der Waals surface area (Å²) in [5.74, 6) is 1.17. The van der Waals surface area contributed by atoms with E-state index in [1.807, 2.05) is 19.0 Å². The predicted octanol–water partition coefficient (Wildman–Crippen LogP) is 1.92. The Hall–Kier alpha value is -2.26. The standard InChI is InChI=1S/C16H22N4O2/c1-20(2)11-19-14-8-16(15(21-3)7-12(14)9-17)22-10-13-5-4-6-18-13/h7-8,11,13,18H,4-6,10H2,1-3H3/t13-/m1/s1. The van der Waals surface area contributed by atoms with Crippen LogP contribution in [0.1, 0.15) is 18.4 Å². The second-order valence-electron chi connectivity index (χ2n) is 5.44. The maximum absolute atomic E-state index is 9.25. The van der Waals surface area contributed by atoms with Gasteiger partial charge in [-0.15, -0.1) is 0 Å². The van der Waals surface area contributed by atoms with Gasteiger partial charge < -0.3 is 19.7 Å². The number of nitrogens with one attached hydrogen (secondary N) is 1. The smallest absolute Gasteiger partial charge is 0.163 e. The van der Waals surface area contributed by atoms with Crippen LogP contribution in [-0.4, -0.2) is 51.6 Å². The first-order valence-electron chi connectivity index (χ1n) is 7.33. The number of aliphatic imine (C=N–C) groups is 1. The Balaban J connectivity index is 2.22. The summed E-state index contributed by atoms with van der Waals surface area (Å²) in [5, 5.41) is 12.6. The van der Waals surface area contributed by atoms with Crippen molar-refractivity contribution in [3.8, 4) is 17.6 Å². The molecule has 1 aliphatic rings. The van der Waals surface area contributed by atoms with Crippen LogP contribution in [0.15, 0.2) is 17.1 Å². The Bertz CT molecular complexity index is 572.